The number of benzene rings is 1. The standard InChI is InChI=1S/C11H11ClN2O4S/c12-7-3-4-8(14(15)16)10-9(7)11(5-1-2-6-11)19(17,18)13-10/h3-4,13H,1-2,5-6H2. The quantitative estimate of drug-likeness (QED) is 0.638. The Labute approximate surface area is 115 Å². The fraction of sp³-hybridized carbons (Fsp3) is 0.455. The maximum Gasteiger partial charge on any atom is 0.293 e. The molecule has 0 atom stereocenters. The summed E-state index contributed by atoms with van der Waals surface area (Å²) in [7, 11) is -3.66. The first kappa shape index (κ1) is 12.7. The second-order valence-corrected chi connectivity index (χ2v) is 7.28. The number of nitro groups is 1. The van der Waals surface area contributed by atoms with E-state index in [9.17, 15) is 18.5 Å². The summed E-state index contributed by atoms with van der Waals surface area (Å²) in [5.74, 6) is 0. The molecule has 3 rings (SSSR count). The second kappa shape index (κ2) is 3.83. The second-order valence-electron chi connectivity index (χ2n) is 4.88. The lowest BCUT2D eigenvalue weighted by Gasteiger charge is -2.22. The third kappa shape index (κ3) is 1.51. The first-order chi connectivity index (χ1) is 8.89. The van der Waals surface area contributed by atoms with Crippen LogP contribution in [0.5, 0.6) is 0 Å². The molecule has 102 valence electrons. The number of sulfonamides is 1. The molecule has 0 amide bonds. The van der Waals surface area contributed by atoms with E-state index in [-0.39, 0.29) is 16.4 Å². The van der Waals surface area contributed by atoms with Gasteiger partial charge < -0.3 is 0 Å². The number of nitrogens with one attached hydrogen (secondary N) is 1. The molecule has 19 heavy (non-hydrogen) atoms. The number of halogens is 1. The van der Waals surface area contributed by atoms with Crippen molar-refractivity contribution >= 4 is 33.0 Å². The Balaban J connectivity index is 2.36. The third-order valence-electron chi connectivity index (χ3n) is 3.95. The highest BCUT2D eigenvalue weighted by Crippen LogP contribution is 2.57. The number of fused-ring (bicyclic) bond motifs is 2. The Morgan fingerprint density at radius 3 is 2.53 bits per heavy atom. The molecular formula is C11H11ClN2O4S. The minimum atomic E-state index is -3.66. The van der Waals surface area contributed by atoms with Gasteiger partial charge in [0.2, 0.25) is 10.0 Å². The molecule has 8 heteroatoms. The molecule has 0 aromatic heterocycles. The molecule has 1 spiro atoms. The van der Waals surface area contributed by atoms with E-state index in [4.69, 9.17) is 11.6 Å². The molecule has 1 aromatic rings. The molecule has 0 unspecified atom stereocenters. The van der Waals surface area contributed by atoms with Crippen LogP contribution in [-0.4, -0.2) is 13.3 Å². The highest BCUT2D eigenvalue weighted by molar-refractivity contribution is 7.94. The first-order valence-electron chi connectivity index (χ1n) is 5.89. The van der Waals surface area contributed by atoms with Gasteiger partial charge in [0, 0.05) is 16.7 Å². The van der Waals surface area contributed by atoms with Crippen molar-refractivity contribution in [2.45, 2.75) is 30.4 Å². The molecule has 2 aliphatic rings. The van der Waals surface area contributed by atoms with Crippen LogP contribution in [0.15, 0.2) is 12.1 Å². The van der Waals surface area contributed by atoms with Crippen molar-refractivity contribution in [3.8, 4) is 0 Å². The molecule has 1 heterocycles. The molecule has 1 fully saturated rings. The van der Waals surface area contributed by atoms with Crippen LogP contribution in [-0.2, 0) is 14.8 Å². The Morgan fingerprint density at radius 1 is 1.32 bits per heavy atom. The van der Waals surface area contributed by atoms with Crippen LogP contribution in [0.3, 0.4) is 0 Å². The van der Waals surface area contributed by atoms with Crippen LogP contribution < -0.4 is 4.72 Å². The molecule has 0 bridgehead atoms. The maximum absolute atomic E-state index is 12.4. The Hall–Kier alpha value is -1.34. The van der Waals surface area contributed by atoms with Gasteiger partial charge in [-0.15, -0.1) is 0 Å². The largest absolute Gasteiger partial charge is 0.293 e. The van der Waals surface area contributed by atoms with E-state index in [1.165, 1.54) is 12.1 Å². The van der Waals surface area contributed by atoms with Crippen LogP contribution in [0.4, 0.5) is 11.4 Å². The molecule has 6 nitrogen and oxygen atoms in total. The van der Waals surface area contributed by atoms with Gasteiger partial charge in [-0.25, -0.2) is 8.42 Å². The zero-order valence-corrected chi connectivity index (χ0v) is 11.4. The Kier molecular flexibility index (Phi) is 2.56. The van der Waals surface area contributed by atoms with Gasteiger partial charge in [-0.3, -0.25) is 14.8 Å². The van der Waals surface area contributed by atoms with Crippen LogP contribution in [0.25, 0.3) is 0 Å². The summed E-state index contributed by atoms with van der Waals surface area (Å²) in [6, 6.07) is 2.64. The average molecular weight is 303 g/mol. The van der Waals surface area contributed by atoms with Crippen molar-refractivity contribution in [3.63, 3.8) is 0 Å². The van der Waals surface area contributed by atoms with Crippen LogP contribution in [0.2, 0.25) is 5.02 Å². The van der Waals surface area contributed by atoms with E-state index in [2.05, 4.69) is 4.72 Å². The lowest BCUT2D eigenvalue weighted by atomic mass is 9.94. The SMILES string of the molecule is O=[N+]([O-])c1ccc(Cl)c2c1NS(=O)(=O)C21CCCC1. The van der Waals surface area contributed by atoms with Crippen LogP contribution in [0, 0.1) is 10.1 Å². The van der Waals surface area contributed by atoms with Gasteiger partial charge in [-0.1, -0.05) is 24.4 Å². The van der Waals surface area contributed by atoms with Crippen LogP contribution in [0.1, 0.15) is 31.2 Å². The predicted octanol–water partition coefficient (Wildman–Crippen LogP) is 2.77. The van der Waals surface area contributed by atoms with Crippen molar-refractivity contribution in [3.05, 3.63) is 32.8 Å². The van der Waals surface area contributed by atoms with Gasteiger partial charge in [-0.2, -0.15) is 0 Å². The van der Waals surface area contributed by atoms with Crippen molar-refractivity contribution in [2.24, 2.45) is 0 Å². The van der Waals surface area contributed by atoms with Gasteiger partial charge in [-0.05, 0) is 18.9 Å². The summed E-state index contributed by atoms with van der Waals surface area (Å²) < 4.78 is 26.0. The summed E-state index contributed by atoms with van der Waals surface area (Å²) in [5, 5.41) is 11.3. The van der Waals surface area contributed by atoms with Gasteiger partial charge in [0.1, 0.15) is 10.4 Å². The monoisotopic (exact) mass is 302 g/mol. The maximum atomic E-state index is 12.4. The van der Waals surface area contributed by atoms with E-state index in [0.717, 1.165) is 12.8 Å². The highest BCUT2D eigenvalue weighted by Gasteiger charge is 2.56. The van der Waals surface area contributed by atoms with E-state index in [0.29, 0.717) is 18.4 Å². The van der Waals surface area contributed by atoms with Crippen molar-refractivity contribution in [1.82, 2.24) is 0 Å². The van der Waals surface area contributed by atoms with Crippen molar-refractivity contribution < 1.29 is 13.3 Å². The van der Waals surface area contributed by atoms with E-state index < -0.39 is 19.7 Å². The van der Waals surface area contributed by atoms with Gasteiger partial charge in [0.15, 0.2) is 0 Å². The minimum Gasteiger partial charge on any atom is -0.276 e. The number of anilines is 1. The summed E-state index contributed by atoms with van der Waals surface area (Å²) >= 11 is 6.12. The van der Waals surface area contributed by atoms with E-state index in [1.807, 2.05) is 0 Å². The average Bonchev–Trinajstić information content (AvgIpc) is 2.86. The van der Waals surface area contributed by atoms with E-state index in [1.54, 1.807) is 0 Å². The lowest BCUT2D eigenvalue weighted by molar-refractivity contribution is -0.383. The van der Waals surface area contributed by atoms with Crippen LogP contribution >= 0.6 is 11.6 Å². The number of rotatable bonds is 1. The fourth-order valence-electron chi connectivity index (χ4n) is 3.10. The smallest absolute Gasteiger partial charge is 0.276 e. The molecule has 1 aliphatic heterocycles. The molecule has 1 saturated carbocycles. The molecule has 0 saturated heterocycles. The number of nitrogens with zero attached hydrogens (tertiary/aromatic N) is 1. The topological polar surface area (TPSA) is 89.3 Å². The summed E-state index contributed by atoms with van der Waals surface area (Å²) in [6.07, 6.45) is 2.46. The molecular weight excluding hydrogens is 292 g/mol. The fourth-order valence-corrected chi connectivity index (χ4v) is 5.47. The van der Waals surface area contributed by atoms with Gasteiger partial charge >= 0.3 is 0 Å². The normalized spacial score (nSPS) is 22.2. The van der Waals surface area contributed by atoms with Gasteiger partial charge in [0.05, 0.1) is 4.92 Å². The zero-order chi connectivity index (χ0) is 13.8. The molecule has 1 aromatic carbocycles. The number of nitro benzene ring substituents is 1. The van der Waals surface area contributed by atoms with E-state index >= 15 is 0 Å². The molecule has 1 N–H and O–H groups in total. The number of hydrogen-bond donors (Lipinski definition) is 1. The van der Waals surface area contributed by atoms with Gasteiger partial charge in [0.25, 0.3) is 5.69 Å². The molecule has 0 radical (unpaired) electrons. The highest BCUT2D eigenvalue weighted by atomic mass is 35.5. The van der Waals surface area contributed by atoms with Crippen molar-refractivity contribution in [1.29, 1.82) is 0 Å². The Bertz CT molecular complexity index is 680. The summed E-state index contributed by atoms with van der Waals surface area (Å²) in [5.41, 5.74) is 0.173. The zero-order valence-electron chi connectivity index (χ0n) is 9.85. The summed E-state index contributed by atoms with van der Waals surface area (Å²) in [4.78, 5) is 10.4. The molecule has 1 aliphatic carbocycles. The number of hydrogen-bond acceptors (Lipinski definition) is 4. The summed E-state index contributed by atoms with van der Waals surface area (Å²) in [6.45, 7) is 0. The first-order valence-corrected chi connectivity index (χ1v) is 7.75. The third-order valence-corrected chi connectivity index (χ3v) is 6.38. The minimum absolute atomic E-state index is 0.0411. The predicted molar refractivity (Wildman–Crippen MR) is 70.8 cm³/mol. The van der Waals surface area contributed by atoms with Crippen molar-refractivity contribution in [2.75, 3.05) is 4.72 Å². The lowest BCUT2D eigenvalue weighted by Crippen LogP contribution is -2.31. The Morgan fingerprint density at radius 2 is 1.95 bits per heavy atom.